The molecule has 0 heterocycles. The number of hydrogen-bond donors (Lipinski definition) is 1. The van der Waals surface area contributed by atoms with Gasteiger partial charge in [-0.05, 0) is 17.7 Å². The van der Waals surface area contributed by atoms with Crippen LogP contribution in [0.3, 0.4) is 0 Å². The molecule has 2 nitrogen and oxygen atoms in total. The maximum absolute atomic E-state index is 13.9. The molecular formula is C13H5Cl5FNO. The predicted molar refractivity (Wildman–Crippen MR) is 85.4 cm³/mol. The van der Waals surface area contributed by atoms with Crippen molar-refractivity contribution in [3.8, 4) is 11.1 Å². The van der Waals surface area contributed by atoms with E-state index in [4.69, 9.17) is 63.7 Å². The number of benzene rings is 2. The van der Waals surface area contributed by atoms with Crippen molar-refractivity contribution in [1.29, 1.82) is 0 Å². The van der Waals surface area contributed by atoms with E-state index in [-0.39, 0.29) is 41.8 Å². The monoisotopic (exact) mass is 385 g/mol. The van der Waals surface area contributed by atoms with Crippen LogP contribution in [0.5, 0.6) is 0 Å². The molecule has 0 aliphatic rings. The van der Waals surface area contributed by atoms with E-state index in [1.807, 2.05) is 0 Å². The van der Waals surface area contributed by atoms with Gasteiger partial charge in [0.2, 0.25) is 0 Å². The Hall–Kier alpha value is -0.710. The zero-order valence-electron chi connectivity index (χ0n) is 9.99. The molecule has 21 heavy (non-hydrogen) atoms. The van der Waals surface area contributed by atoms with Gasteiger partial charge in [-0.2, -0.15) is 0 Å². The minimum atomic E-state index is -0.886. The van der Waals surface area contributed by atoms with Crippen LogP contribution in [0.15, 0.2) is 18.2 Å². The molecule has 0 saturated carbocycles. The highest BCUT2D eigenvalue weighted by molar-refractivity contribution is 6.56. The lowest BCUT2D eigenvalue weighted by molar-refractivity contribution is 0.0996. The van der Waals surface area contributed by atoms with Crippen LogP contribution in [-0.2, 0) is 0 Å². The molecule has 2 aromatic carbocycles. The van der Waals surface area contributed by atoms with Gasteiger partial charge < -0.3 is 5.73 Å². The molecule has 110 valence electrons. The Morgan fingerprint density at radius 2 is 1.38 bits per heavy atom. The zero-order valence-corrected chi connectivity index (χ0v) is 13.8. The van der Waals surface area contributed by atoms with E-state index in [1.165, 1.54) is 12.1 Å². The third-order valence-corrected chi connectivity index (χ3v) is 5.01. The fourth-order valence-corrected chi connectivity index (χ4v) is 3.09. The van der Waals surface area contributed by atoms with Crippen LogP contribution in [0, 0.1) is 5.82 Å². The fourth-order valence-electron chi connectivity index (χ4n) is 1.73. The number of nitrogens with two attached hydrogens (primary N) is 1. The third-order valence-electron chi connectivity index (χ3n) is 2.73. The molecule has 0 aromatic heterocycles. The van der Waals surface area contributed by atoms with Crippen molar-refractivity contribution in [2.45, 2.75) is 0 Å². The number of halogens is 6. The Labute approximate surface area is 144 Å². The summed E-state index contributed by atoms with van der Waals surface area (Å²) in [6.45, 7) is 0. The van der Waals surface area contributed by atoms with Gasteiger partial charge in [-0.25, -0.2) is 4.39 Å². The van der Waals surface area contributed by atoms with Crippen LogP contribution in [0.25, 0.3) is 11.1 Å². The van der Waals surface area contributed by atoms with Gasteiger partial charge in [0.25, 0.3) is 5.91 Å². The molecule has 0 aliphatic carbocycles. The zero-order chi connectivity index (χ0) is 15.9. The Morgan fingerprint density at radius 3 is 1.81 bits per heavy atom. The van der Waals surface area contributed by atoms with Crippen molar-refractivity contribution in [3.63, 3.8) is 0 Å². The second-order valence-electron chi connectivity index (χ2n) is 4.00. The van der Waals surface area contributed by atoms with Crippen LogP contribution >= 0.6 is 58.0 Å². The lowest BCUT2D eigenvalue weighted by Crippen LogP contribution is -2.12. The highest BCUT2D eigenvalue weighted by Gasteiger charge is 2.21. The standard InChI is InChI=1S/C13H5Cl5FNO/c14-8-7(9(15)11(17)12(18)10(8)16)4-1-2-5(13(20)21)6(19)3-4/h1-3H,(H2,20,21). The molecule has 0 atom stereocenters. The first-order chi connectivity index (χ1) is 9.75. The van der Waals surface area contributed by atoms with Gasteiger partial charge in [0.15, 0.2) is 0 Å². The number of carbonyl (C=O) groups is 1. The molecule has 0 bridgehead atoms. The Kier molecular flexibility index (Phi) is 4.91. The van der Waals surface area contributed by atoms with Gasteiger partial charge in [-0.3, -0.25) is 4.79 Å². The van der Waals surface area contributed by atoms with E-state index >= 15 is 0 Å². The molecule has 0 unspecified atom stereocenters. The number of primary amides is 1. The molecule has 0 aliphatic heterocycles. The maximum atomic E-state index is 13.9. The molecule has 1 amide bonds. The first-order valence-corrected chi connectivity index (χ1v) is 7.25. The fraction of sp³-hybridized carbons (Fsp3) is 0. The summed E-state index contributed by atoms with van der Waals surface area (Å²) in [5.41, 5.74) is 5.29. The van der Waals surface area contributed by atoms with Gasteiger partial charge >= 0.3 is 0 Å². The van der Waals surface area contributed by atoms with E-state index in [9.17, 15) is 9.18 Å². The van der Waals surface area contributed by atoms with E-state index in [2.05, 4.69) is 0 Å². The number of amides is 1. The van der Waals surface area contributed by atoms with Gasteiger partial charge in [0.1, 0.15) is 5.82 Å². The molecule has 2 rings (SSSR count). The van der Waals surface area contributed by atoms with E-state index < -0.39 is 11.7 Å². The van der Waals surface area contributed by atoms with Crippen LogP contribution in [-0.4, -0.2) is 5.91 Å². The van der Waals surface area contributed by atoms with E-state index in [1.54, 1.807) is 0 Å². The molecule has 0 fully saturated rings. The van der Waals surface area contributed by atoms with Crippen LogP contribution in [0.4, 0.5) is 4.39 Å². The summed E-state index contributed by atoms with van der Waals surface area (Å²) in [6.07, 6.45) is 0. The van der Waals surface area contributed by atoms with Gasteiger partial charge in [0.05, 0.1) is 30.7 Å². The number of carbonyl (C=O) groups excluding carboxylic acids is 1. The normalized spacial score (nSPS) is 10.8. The lowest BCUT2D eigenvalue weighted by atomic mass is 10.0. The average Bonchev–Trinajstić information content (AvgIpc) is 2.43. The predicted octanol–water partition coefficient (Wildman–Crippen LogP) is 5.86. The molecule has 0 saturated heterocycles. The summed E-state index contributed by atoms with van der Waals surface area (Å²) in [5.74, 6) is -1.70. The first kappa shape index (κ1) is 16.7. The van der Waals surface area contributed by atoms with Crippen molar-refractivity contribution >= 4 is 63.9 Å². The van der Waals surface area contributed by atoms with E-state index in [0.717, 1.165) is 6.07 Å². The minimum Gasteiger partial charge on any atom is -0.366 e. The molecule has 0 spiro atoms. The third kappa shape index (κ3) is 2.94. The average molecular weight is 387 g/mol. The summed E-state index contributed by atoms with van der Waals surface area (Å²) < 4.78 is 13.9. The maximum Gasteiger partial charge on any atom is 0.251 e. The highest BCUT2D eigenvalue weighted by atomic mass is 35.5. The topological polar surface area (TPSA) is 43.1 Å². The van der Waals surface area contributed by atoms with Crippen molar-refractivity contribution in [2.75, 3.05) is 0 Å². The van der Waals surface area contributed by atoms with Gasteiger partial charge in [-0.15, -0.1) is 0 Å². The second-order valence-corrected chi connectivity index (χ2v) is 5.89. The van der Waals surface area contributed by atoms with Crippen molar-refractivity contribution in [2.24, 2.45) is 5.73 Å². The number of rotatable bonds is 2. The largest absolute Gasteiger partial charge is 0.366 e. The Bertz CT molecular complexity index is 734. The highest BCUT2D eigenvalue weighted by Crippen LogP contribution is 2.48. The summed E-state index contributed by atoms with van der Waals surface area (Å²) >= 11 is 30.0. The molecule has 8 heteroatoms. The van der Waals surface area contributed by atoms with Crippen LogP contribution in [0.2, 0.25) is 25.1 Å². The van der Waals surface area contributed by atoms with Crippen molar-refractivity contribution < 1.29 is 9.18 Å². The SMILES string of the molecule is NC(=O)c1ccc(-c2c(Cl)c(Cl)c(Cl)c(Cl)c2Cl)cc1F. The molecular weight excluding hydrogens is 382 g/mol. The smallest absolute Gasteiger partial charge is 0.251 e. The summed E-state index contributed by atoms with van der Waals surface area (Å²) in [5, 5.41) is 0.0696. The number of hydrogen-bond acceptors (Lipinski definition) is 1. The Morgan fingerprint density at radius 1 is 0.905 bits per heavy atom. The second kappa shape index (κ2) is 6.19. The molecule has 2 N–H and O–H groups in total. The summed E-state index contributed by atoms with van der Waals surface area (Å²) in [4.78, 5) is 11.0. The van der Waals surface area contributed by atoms with Crippen molar-refractivity contribution in [1.82, 2.24) is 0 Å². The van der Waals surface area contributed by atoms with Gasteiger partial charge in [0, 0.05) is 5.56 Å². The summed E-state index contributed by atoms with van der Waals surface area (Å²) in [6, 6.07) is 3.71. The Balaban J connectivity index is 2.74. The summed E-state index contributed by atoms with van der Waals surface area (Å²) in [7, 11) is 0. The van der Waals surface area contributed by atoms with Crippen LogP contribution < -0.4 is 5.73 Å². The minimum absolute atomic E-state index is 0.00196. The molecule has 2 aromatic rings. The quantitative estimate of drug-likeness (QED) is 0.509. The first-order valence-electron chi connectivity index (χ1n) is 5.36. The van der Waals surface area contributed by atoms with E-state index in [0.29, 0.717) is 0 Å². The molecule has 0 radical (unpaired) electrons. The van der Waals surface area contributed by atoms with Gasteiger partial charge in [-0.1, -0.05) is 64.1 Å². The van der Waals surface area contributed by atoms with Crippen LogP contribution in [0.1, 0.15) is 10.4 Å². The lowest BCUT2D eigenvalue weighted by Gasteiger charge is -2.13. The van der Waals surface area contributed by atoms with Crippen molar-refractivity contribution in [3.05, 3.63) is 54.7 Å².